The molecule has 2 heterocycles. The van der Waals surface area contributed by atoms with E-state index in [1.54, 1.807) is 18.6 Å². The number of hydrogen-bond acceptors (Lipinski definition) is 6. The van der Waals surface area contributed by atoms with Crippen molar-refractivity contribution in [3.8, 4) is 0 Å². The molecule has 31 heavy (non-hydrogen) atoms. The number of carbonyl (C=O) groups excluding carboxylic acids is 2. The quantitative estimate of drug-likeness (QED) is 0.248. The van der Waals surface area contributed by atoms with Gasteiger partial charge < -0.3 is 27.4 Å². The average molecular weight is 428 g/mol. The summed E-state index contributed by atoms with van der Waals surface area (Å²) in [5.41, 5.74) is 19.1. The van der Waals surface area contributed by atoms with Crippen molar-refractivity contribution in [3.05, 3.63) is 41.5 Å². The van der Waals surface area contributed by atoms with Crippen molar-refractivity contribution in [3.63, 3.8) is 0 Å². The number of anilines is 1. The van der Waals surface area contributed by atoms with Gasteiger partial charge in [0.25, 0.3) is 0 Å². The Morgan fingerprint density at radius 3 is 2.61 bits per heavy atom. The summed E-state index contributed by atoms with van der Waals surface area (Å²) in [6.07, 6.45) is 4.14. The van der Waals surface area contributed by atoms with Crippen LogP contribution in [-0.4, -0.2) is 53.4 Å². The molecule has 11 nitrogen and oxygen atoms in total. The SMILES string of the molecule is C[C@@H](N/C(=C/N)N=C(N)N)c1cc2cc(C3CC3)cc(N(C=O)CC(=O)N(C)C)n2n1. The first-order valence-electron chi connectivity index (χ1n) is 9.97. The Balaban J connectivity index is 2.00. The maximum Gasteiger partial charge on any atom is 0.242 e. The van der Waals surface area contributed by atoms with Crippen LogP contribution in [0, 0.1) is 0 Å². The number of likely N-dealkylation sites (N-methyl/N-ethyl adjacent to an activating group) is 1. The number of nitrogens with zero attached hydrogens (tertiary/aromatic N) is 5. The highest BCUT2D eigenvalue weighted by Crippen LogP contribution is 2.41. The molecule has 1 aliphatic carbocycles. The third kappa shape index (κ3) is 5.05. The van der Waals surface area contributed by atoms with E-state index in [2.05, 4.69) is 21.5 Å². The lowest BCUT2D eigenvalue weighted by molar-refractivity contribution is -0.128. The molecule has 2 amide bonds. The number of rotatable bonds is 9. The molecule has 1 aliphatic rings. The molecule has 1 saturated carbocycles. The van der Waals surface area contributed by atoms with Crippen LogP contribution in [-0.2, 0) is 9.59 Å². The van der Waals surface area contributed by atoms with Gasteiger partial charge in [0.05, 0.1) is 17.3 Å². The molecular formula is C20H29N9O2. The Labute approximate surface area is 180 Å². The van der Waals surface area contributed by atoms with Crippen LogP contribution in [0.2, 0.25) is 0 Å². The highest BCUT2D eigenvalue weighted by Gasteiger charge is 2.27. The van der Waals surface area contributed by atoms with Crippen molar-refractivity contribution >= 4 is 29.6 Å². The largest absolute Gasteiger partial charge is 0.402 e. The maximum absolute atomic E-state index is 12.2. The summed E-state index contributed by atoms with van der Waals surface area (Å²) in [5.74, 6) is 1.02. The number of aromatic nitrogens is 2. The highest BCUT2D eigenvalue weighted by atomic mass is 16.2. The summed E-state index contributed by atoms with van der Waals surface area (Å²) in [7, 11) is 3.31. The van der Waals surface area contributed by atoms with E-state index in [1.807, 2.05) is 19.1 Å². The molecule has 2 aromatic rings. The van der Waals surface area contributed by atoms with Gasteiger partial charge in [0.1, 0.15) is 18.2 Å². The van der Waals surface area contributed by atoms with Crippen LogP contribution in [0.3, 0.4) is 0 Å². The number of nitrogens with one attached hydrogen (secondary N) is 1. The fourth-order valence-electron chi connectivity index (χ4n) is 3.20. The molecule has 0 spiro atoms. The number of fused-ring (bicyclic) bond motifs is 1. The van der Waals surface area contributed by atoms with Gasteiger partial charge in [-0.3, -0.25) is 14.5 Å². The third-order valence-electron chi connectivity index (χ3n) is 5.07. The van der Waals surface area contributed by atoms with Crippen LogP contribution >= 0.6 is 0 Å². The Bertz CT molecular complexity index is 1030. The van der Waals surface area contributed by atoms with Crippen LogP contribution in [0.4, 0.5) is 5.82 Å². The van der Waals surface area contributed by atoms with Gasteiger partial charge in [-0.1, -0.05) is 0 Å². The van der Waals surface area contributed by atoms with Gasteiger partial charge in [-0.25, -0.2) is 4.52 Å². The zero-order valence-electron chi connectivity index (χ0n) is 17.9. The predicted molar refractivity (Wildman–Crippen MR) is 119 cm³/mol. The topological polar surface area (TPSA) is 160 Å². The second kappa shape index (κ2) is 8.94. The molecule has 0 radical (unpaired) electrons. The second-order valence-corrected chi connectivity index (χ2v) is 7.80. The van der Waals surface area contributed by atoms with E-state index in [1.165, 1.54) is 16.0 Å². The van der Waals surface area contributed by atoms with Crippen molar-refractivity contribution in [2.24, 2.45) is 22.2 Å². The smallest absolute Gasteiger partial charge is 0.242 e. The van der Waals surface area contributed by atoms with Crippen molar-refractivity contribution in [1.82, 2.24) is 19.8 Å². The number of amides is 2. The molecule has 2 aromatic heterocycles. The monoisotopic (exact) mass is 427 g/mol. The Morgan fingerprint density at radius 2 is 2.06 bits per heavy atom. The third-order valence-corrected chi connectivity index (χ3v) is 5.07. The predicted octanol–water partition coefficient (Wildman–Crippen LogP) is -0.0557. The van der Waals surface area contributed by atoms with Gasteiger partial charge in [-0.15, -0.1) is 0 Å². The standard InChI is InChI=1S/C20H29N9O2/c1-12(24-17(9-21)25-20(22)23)16-8-15-6-14(13-4-5-13)7-18(29(15)26-16)28(11-30)10-19(31)27(2)3/h6-9,11-13,24H,4-5,10,21H2,1-3H3,(H4,22,23,25)/b17-9-/t12-/m1/s1. The van der Waals surface area contributed by atoms with Crippen LogP contribution in [0.1, 0.15) is 43.0 Å². The molecule has 0 aliphatic heterocycles. The molecule has 1 fully saturated rings. The van der Waals surface area contributed by atoms with Crippen LogP contribution < -0.4 is 27.4 Å². The minimum atomic E-state index is -0.275. The summed E-state index contributed by atoms with van der Waals surface area (Å²) in [4.78, 5) is 30.9. The first kappa shape index (κ1) is 21.9. The molecule has 166 valence electrons. The van der Waals surface area contributed by atoms with Gasteiger partial charge in [-0.2, -0.15) is 10.1 Å². The van der Waals surface area contributed by atoms with E-state index in [0.29, 0.717) is 29.7 Å². The number of guanidine groups is 1. The van der Waals surface area contributed by atoms with Crippen molar-refractivity contribution in [1.29, 1.82) is 0 Å². The Hall–Kier alpha value is -3.76. The fraction of sp³-hybridized carbons (Fsp3) is 0.400. The van der Waals surface area contributed by atoms with Gasteiger partial charge in [0.15, 0.2) is 5.96 Å². The number of carbonyl (C=O) groups is 2. The Morgan fingerprint density at radius 1 is 1.35 bits per heavy atom. The average Bonchev–Trinajstić information content (AvgIpc) is 3.48. The molecule has 0 aromatic carbocycles. The highest BCUT2D eigenvalue weighted by molar-refractivity contribution is 5.88. The summed E-state index contributed by atoms with van der Waals surface area (Å²) >= 11 is 0. The number of hydrogen-bond donors (Lipinski definition) is 4. The number of pyridine rings is 1. The normalized spacial score (nSPS) is 14.7. The lowest BCUT2D eigenvalue weighted by Gasteiger charge is -2.21. The van der Waals surface area contributed by atoms with Gasteiger partial charge in [0.2, 0.25) is 12.3 Å². The first-order valence-corrected chi connectivity index (χ1v) is 9.97. The van der Waals surface area contributed by atoms with Crippen LogP contribution in [0.15, 0.2) is 35.2 Å². The second-order valence-electron chi connectivity index (χ2n) is 7.80. The number of nitrogens with two attached hydrogens (primary N) is 3. The van der Waals surface area contributed by atoms with Crippen LogP contribution in [0.5, 0.6) is 0 Å². The van der Waals surface area contributed by atoms with Crippen LogP contribution in [0.25, 0.3) is 5.52 Å². The Kier molecular flexibility index (Phi) is 6.33. The molecule has 7 N–H and O–H groups in total. The van der Waals surface area contributed by atoms with E-state index >= 15 is 0 Å². The molecule has 0 unspecified atom stereocenters. The fourth-order valence-corrected chi connectivity index (χ4v) is 3.20. The number of aliphatic imine (C=N–C) groups is 1. The lowest BCUT2D eigenvalue weighted by Crippen LogP contribution is -2.36. The molecule has 11 heteroatoms. The summed E-state index contributed by atoms with van der Waals surface area (Å²) in [5, 5.41) is 7.77. The van der Waals surface area contributed by atoms with Crippen molar-refractivity contribution in [2.45, 2.75) is 31.7 Å². The zero-order valence-corrected chi connectivity index (χ0v) is 17.9. The molecule has 0 saturated heterocycles. The van der Waals surface area contributed by atoms with E-state index in [4.69, 9.17) is 17.2 Å². The molecule has 0 bridgehead atoms. The van der Waals surface area contributed by atoms with E-state index < -0.39 is 0 Å². The maximum atomic E-state index is 12.2. The van der Waals surface area contributed by atoms with Gasteiger partial charge >= 0.3 is 0 Å². The summed E-state index contributed by atoms with van der Waals surface area (Å²) in [6.45, 7) is 1.81. The van der Waals surface area contributed by atoms with Gasteiger partial charge in [-0.05, 0) is 49.4 Å². The van der Waals surface area contributed by atoms with E-state index in [-0.39, 0.29) is 24.5 Å². The zero-order chi connectivity index (χ0) is 22.7. The molecular weight excluding hydrogens is 398 g/mol. The summed E-state index contributed by atoms with van der Waals surface area (Å²) in [6, 6.07) is 5.65. The lowest BCUT2D eigenvalue weighted by atomic mass is 10.1. The van der Waals surface area contributed by atoms with Crippen molar-refractivity contribution in [2.75, 3.05) is 25.5 Å². The first-order chi connectivity index (χ1) is 14.7. The minimum absolute atomic E-state index is 0.0761. The van der Waals surface area contributed by atoms with Crippen molar-refractivity contribution < 1.29 is 9.59 Å². The van der Waals surface area contributed by atoms with E-state index in [9.17, 15) is 9.59 Å². The summed E-state index contributed by atoms with van der Waals surface area (Å²) < 4.78 is 1.67. The molecule has 1 atom stereocenters. The van der Waals surface area contributed by atoms with Gasteiger partial charge in [0, 0.05) is 20.3 Å². The molecule has 3 rings (SSSR count). The van der Waals surface area contributed by atoms with E-state index in [0.717, 1.165) is 23.9 Å². The minimum Gasteiger partial charge on any atom is -0.402 e.